The number of methoxy groups -OCH3 is 1. The minimum Gasteiger partial charge on any atom is -0.465 e. The highest BCUT2D eigenvalue weighted by Gasteiger charge is 2.20. The minimum absolute atomic E-state index is 0.0544. The summed E-state index contributed by atoms with van der Waals surface area (Å²) in [7, 11) is 1.29. The molecule has 0 N–H and O–H groups in total. The van der Waals surface area contributed by atoms with Crippen molar-refractivity contribution in [2.75, 3.05) is 13.4 Å². The molecule has 4 rings (SSSR count). The SMILES string of the molecule is COC(=O)c1ccc(C)c(-c2nc(SC)nc3c2ccc(=O)n3-c2c(F)cccc2F)c1. The van der Waals surface area contributed by atoms with Crippen molar-refractivity contribution in [3.63, 3.8) is 0 Å². The standard InChI is InChI=1S/C23H17F2N3O3S/c1-12-7-8-13(22(30)31-2)11-15(12)19-14-9-10-18(29)28(21(14)27-23(26-19)32-3)20-16(24)5-4-6-17(20)25/h4-11H,1-3H3. The van der Waals surface area contributed by atoms with Crippen LogP contribution in [0.5, 0.6) is 0 Å². The van der Waals surface area contributed by atoms with E-state index in [1.807, 2.05) is 6.92 Å². The molecule has 0 atom stereocenters. The predicted molar refractivity (Wildman–Crippen MR) is 118 cm³/mol. The van der Waals surface area contributed by atoms with Crippen LogP contribution in [-0.2, 0) is 4.74 Å². The number of pyridine rings is 1. The second-order valence-corrected chi connectivity index (χ2v) is 7.67. The molecule has 0 fully saturated rings. The van der Waals surface area contributed by atoms with Gasteiger partial charge in [0.2, 0.25) is 0 Å². The first kappa shape index (κ1) is 21.6. The van der Waals surface area contributed by atoms with Crippen LogP contribution in [0.15, 0.2) is 58.5 Å². The third-order valence-electron chi connectivity index (χ3n) is 4.99. The highest BCUT2D eigenvalue weighted by molar-refractivity contribution is 7.98. The van der Waals surface area contributed by atoms with Crippen molar-refractivity contribution in [1.82, 2.24) is 14.5 Å². The van der Waals surface area contributed by atoms with Gasteiger partial charge in [-0.3, -0.25) is 9.36 Å². The van der Waals surface area contributed by atoms with Gasteiger partial charge in [0, 0.05) is 17.0 Å². The van der Waals surface area contributed by atoms with Crippen molar-refractivity contribution in [3.05, 3.63) is 81.6 Å². The minimum atomic E-state index is -0.894. The third kappa shape index (κ3) is 3.64. The normalized spacial score (nSPS) is 11.0. The number of carbonyl (C=O) groups is 1. The third-order valence-corrected chi connectivity index (χ3v) is 5.54. The second kappa shape index (κ2) is 8.51. The van der Waals surface area contributed by atoms with Crippen molar-refractivity contribution in [1.29, 1.82) is 0 Å². The molecule has 6 nitrogen and oxygen atoms in total. The molecule has 2 aromatic heterocycles. The Morgan fingerprint density at radius 1 is 1.06 bits per heavy atom. The molecule has 162 valence electrons. The van der Waals surface area contributed by atoms with Crippen molar-refractivity contribution in [2.45, 2.75) is 12.1 Å². The first-order chi connectivity index (χ1) is 15.3. The number of para-hydroxylation sites is 1. The number of aryl methyl sites for hydroxylation is 1. The quantitative estimate of drug-likeness (QED) is 0.257. The first-order valence-corrected chi connectivity index (χ1v) is 10.7. The molecular weight excluding hydrogens is 436 g/mol. The Balaban J connectivity index is 2.12. The summed E-state index contributed by atoms with van der Waals surface area (Å²) in [4.78, 5) is 33.8. The van der Waals surface area contributed by atoms with Gasteiger partial charge in [-0.05, 0) is 49.1 Å². The van der Waals surface area contributed by atoms with E-state index in [1.54, 1.807) is 24.5 Å². The monoisotopic (exact) mass is 453 g/mol. The number of fused-ring (bicyclic) bond motifs is 1. The number of nitrogens with zero attached hydrogens (tertiary/aromatic N) is 3. The highest BCUT2D eigenvalue weighted by atomic mass is 32.2. The van der Waals surface area contributed by atoms with Gasteiger partial charge in [0.25, 0.3) is 5.56 Å². The number of thioether (sulfide) groups is 1. The van der Waals surface area contributed by atoms with Crippen LogP contribution in [0.25, 0.3) is 28.0 Å². The molecule has 9 heteroatoms. The second-order valence-electron chi connectivity index (χ2n) is 6.89. The number of ether oxygens (including phenoxy) is 1. The molecule has 0 radical (unpaired) electrons. The Hall–Kier alpha value is -3.59. The van der Waals surface area contributed by atoms with E-state index in [-0.39, 0.29) is 5.65 Å². The molecule has 0 bridgehead atoms. The van der Waals surface area contributed by atoms with E-state index in [2.05, 4.69) is 9.97 Å². The lowest BCUT2D eigenvalue weighted by molar-refractivity contribution is 0.0601. The molecule has 0 saturated carbocycles. The number of halogens is 2. The summed E-state index contributed by atoms with van der Waals surface area (Å²) in [5, 5.41) is 0.696. The molecule has 32 heavy (non-hydrogen) atoms. The summed E-state index contributed by atoms with van der Waals surface area (Å²) >= 11 is 1.21. The van der Waals surface area contributed by atoms with Gasteiger partial charge >= 0.3 is 5.97 Å². The average Bonchev–Trinajstić information content (AvgIpc) is 2.79. The zero-order valence-corrected chi connectivity index (χ0v) is 18.2. The number of aromatic nitrogens is 3. The van der Waals surface area contributed by atoms with Gasteiger partial charge in [-0.1, -0.05) is 23.9 Å². The van der Waals surface area contributed by atoms with Crippen molar-refractivity contribution >= 4 is 28.8 Å². The van der Waals surface area contributed by atoms with Crippen LogP contribution < -0.4 is 5.56 Å². The number of benzene rings is 2. The van der Waals surface area contributed by atoms with E-state index in [9.17, 15) is 18.4 Å². The number of rotatable bonds is 4. The van der Waals surface area contributed by atoms with E-state index in [0.717, 1.165) is 22.3 Å². The lowest BCUT2D eigenvalue weighted by Gasteiger charge is -2.15. The van der Waals surface area contributed by atoms with Crippen LogP contribution >= 0.6 is 11.8 Å². The number of carbonyl (C=O) groups excluding carboxylic acids is 1. The molecule has 0 aliphatic rings. The summed E-state index contributed by atoms with van der Waals surface area (Å²) in [6.07, 6.45) is 1.75. The summed E-state index contributed by atoms with van der Waals surface area (Å²) in [6, 6.07) is 11.1. The average molecular weight is 453 g/mol. The summed E-state index contributed by atoms with van der Waals surface area (Å²) in [6.45, 7) is 1.84. The highest BCUT2D eigenvalue weighted by Crippen LogP contribution is 2.32. The Morgan fingerprint density at radius 3 is 2.44 bits per heavy atom. The van der Waals surface area contributed by atoms with Crippen LogP contribution in [0.3, 0.4) is 0 Å². The van der Waals surface area contributed by atoms with Crippen molar-refractivity contribution in [2.24, 2.45) is 0 Å². The molecule has 4 aromatic rings. The smallest absolute Gasteiger partial charge is 0.337 e. The molecule has 2 aromatic carbocycles. The fourth-order valence-electron chi connectivity index (χ4n) is 3.43. The van der Waals surface area contributed by atoms with E-state index in [4.69, 9.17) is 4.74 Å². The zero-order valence-electron chi connectivity index (χ0n) is 17.3. The Bertz CT molecular complexity index is 1420. The topological polar surface area (TPSA) is 74.1 Å². The maximum Gasteiger partial charge on any atom is 0.337 e. The van der Waals surface area contributed by atoms with Crippen LogP contribution in [0.1, 0.15) is 15.9 Å². The lowest BCUT2D eigenvalue weighted by Crippen LogP contribution is -2.21. The van der Waals surface area contributed by atoms with Gasteiger partial charge in [0.05, 0.1) is 18.4 Å². The predicted octanol–water partition coefficient (Wildman–Crippen LogP) is 4.54. The fourth-order valence-corrected chi connectivity index (χ4v) is 3.79. The zero-order chi connectivity index (χ0) is 23.0. The van der Waals surface area contributed by atoms with E-state index in [1.165, 1.54) is 37.1 Å². The lowest BCUT2D eigenvalue weighted by atomic mass is 10.00. The molecule has 0 aliphatic carbocycles. The van der Waals surface area contributed by atoms with Gasteiger partial charge in [0.1, 0.15) is 17.3 Å². The van der Waals surface area contributed by atoms with Crippen LogP contribution in [0.4, 0.5) is 8.78 Å². The molecule has 0 aliphatic heterocycles. The maximum atomic E-state index is 14.6. The molecule has 0 amide bonds. The summed E-state index contributed by atoms with van der Waals surface area (Å²) in [5.41, 5.74) is 1.05. The maximum absolute atomic E-state index is 14.6. The van der Waals surface area contributed by atoms with Gasteiger partial charge in [-0.15, -0.1) is 0 Å². The van der Waals surface area contributed by atoms with Gasteiger partial charge in [-0.25, -0.2) is 23.5 Å². The van der Waals surface area contributed by atoms with Crippen LogP contribution in [0, 0.1) is 18.6 Å². The fraction of sp³-hybridized carbons (Fsp3) is 0.130. The molecule has 0 unspecified atom stereocenters. The van der Waals surface area contributed by atoms with E-state index in [0.29, 0.717) is 27.4 Å². The number of esters is 1. The van der Waals surface area contributed by atoms with E-state index >= 15 is 0 Å². The summed E-state index contributed by atoms with van der Waals surface area (Å²) in [5.74, 6) is -2.30. The molecule has 0 saturated heterocycles. The van der Waals surface area contributed by atoms with Crippen molar-refractivity contribution in [3.8, 4) is 16.9 Å². The van der Waals surface area contributed by atoms with Crippen LogP contribution in [-0.4, -0.2) is 33.9 Å². The number of hydrogen-bond acceptors (Lipinski definition) is 6. The van der Waals surface area contributed by atoms with Gasteiger partial charge in [0.15, 0.2) is 10.8 Å². The van der Waals surface area contributed by atoms with Gasteiger partial charge < -0.3 is 4.74 Å². The number of hydrogen-bond donors (Lipinski definition) is 0. The Morgan fingerprint density at radius 2 is 1.78 bits per heavy atom. The van der Waals surface area contributed by atoms with Crippen molar-refractivity contribution < 1.29 is 18.3 Å². The molecule has 2 heterocycles. The van der Waals surface area contributed by atoms with E-state index < -0.39 is 28.9 Å². The van der Waals surface area contributed by atoms with Crippen LogP contribution in [0.2, 0.25) is 0 Å². The first-order valence-electron chi connectivity index (χ1n) is 9.47. The van der Waals surface area contributed by atoms with Gasteiger partial charge in [-0.2, -0.15) is 0 Å². The molecular formula is C23H17F2N3O3S. The molecule has 0 spiro atoms. The largest absolute Gasteiger partial charge is 0.465 e. The summed E-state index contributed by atoms with van der Waals surface area (Å²) < 4.78 is 34.9. The Kier molecular flexibility index (Phi) is 5.75. The Labute approximate surface area is 185 Å².